The molecule has 25 heavy (non-hydrogen) atoms. The van der Waals surface area contributed by atoms with Crippen LogP contribution >= 0.6 is 22.6 Å². The molecule has 1 saturated heterocycles. The summed E-state index contributed by atoms with van der Waals surface area (Å²) in [5.74, 6) is 0.353. The number of nitriles is 1. The predicted octanol–water partition coefficient (Wildman–Crippen LogP) is 2.67. The van der Waals surface area contributed by atoms with Gasteiger partial charge in [0.25, 0.3) is 0 Å². The van der Waals surface area contributed by atoms with Gasteiger partial charge in [0, 0.05) is 19.3 Å². The maximum atomic E-state index is 12.3. The molecule has 0 aromatic carbocycles. The molecular formula is C16H19IN6O2. The van der Waals surface area contributed by atoms with E-state index < -0.39 is 5.60 Å². The Labute approximate surface area is 159 Å². The number of halogens is 1. The summed E-state index contributed by atoms with van der Waals surface area (Å²) in [6.45, 7) is 6.60. The number of amides is 1. The van der Waals surface area contributed by atoms with Crippen LogP contribution in [-0.4, -0.2) is 44.4 Å². The zero-order valence-corrected chi connectivity index (χ0v) is 16.4. The molecular weight excluding hydrogens is 435 g/mol. The SMILES string of the molecule is CC(C)(C)OC(=O)N1CC[C@H](n2nc(I)c3c(N)ncc(C#N)c32)C1. The van der Waals surface area contributed by atoms with Gasteiger partial charge in [0.15, 0.2) is 0 Å². The molecule has 3 rings (SSSR count). The van der Waals surface area contributed by atoms with Crippen molar-refractivity contribution in [3.05, 3.63) is 15.5 Å². The summed E-state index contributed by atoms with van der Waals surface area (Å²) in [4.78, 5) is 18.0. The Balaban J connectivity index is 1.93. The lowest BCUT2D eigenvalue weighted by molar-refractivity contribution is 0.0288. The van der Waals surface area contributed by atoms with Crippen LogP contribution < -0.4 is 5.73 Å². The van der Waals surface area contributed by atoms with E-state index in [1.165, 1.54) is 6.20 Å². The fourth-order valence-corrected chi connectivity index (χ4v) is 3.70. The summed E-state index contributed by atoms with van der Waals surface area (Å²) >= 11 is 2.09. The van der Waals surface area contributed by atoms with Gasteiger partial charge in [-0.3, -0.25) is 4.68 Å². The lowest BCUT2D eigenvalue weighted by Crippen LogP contribution is -2.35. The maximum Gasteiger partial charge on any atom is 0.410 e. The van der Waals surface area contributed by atoms with Crippen LogP contribution in [0.1, 0.15) is 38.8 Å². The Morgan fingerprint density at radius 3 is 2.88 bits per heavy atom. The molecule has 1 fully saturated rings. The first-order chi connectivity index (χ1) is 11.7. The van der Waals surface area contributed by atoms with Gasteiger partial charge in [-0.05, 0) is 49.8 Å². The number of pyridine rings is 1. The maximum absolute atomic E-state index is 12.3. The fourth-order valence-electron chi connectivity index (χ4n) is 2.93. The van der Waals surface area contributed by atoms with Crippen molar-refractivity contribution in [1.29, 1.82) is 5.26 Å². The molecule has 2 N–H and O–H groups in total. The van der Waals surface area contributed by atoms with Gasteiger partial charge >= 0.3 is 6.09 Å². The minimum absolute atomic E-state index is 0.0348. The molecule has 1 aliphatic heterocycles. The van der Waals surface area contributed by atoms with Crippen LogP contribution in [0.2, 0.25) is 0 Å². The molecule has 1 aliphatic rings. The summed E-state index contributed by atoms with van der Waals surface area (Å²) in [5, 5.41) is 14.7. The Bertz CT molecular complexity index is 879. The number of nitrogens with two attached hydrogens (primary N) is 1. The Hall–Kier alpha value is -2.09. The van der Waals surface area contributed by atoms with E-state index in [0.717, 1.165) is 6.42 Å². The molecule has 0 spiro atoms. The fraction of sp³-hybridized carbons (Fsp3) is 0.500. The number of hydrogen-bond acceptors (Lipinski definition) is 6. The second kappa shape index (κ2) is 6.33. The summed E-state index contributed by atoms with van der Waals surface area (Å²) in [6.07, 6.45) is 1.87. The largest absolute Gasteiger partial charge is 0.444 e. The van der Waals surface area contributed by atoms with Crippen molar-refractivity contribution in [2.24, 2.45) is 0 Å². The molecule has 2 aromatic heterocycles. The smallest absolute Gasteiger partial charge is 0.410 e. The number of carbonyl (C=O) groups excluding carboxylic acids is 1. The number of nitrogen functional groups attached to an aromatic ring is 1. The van der Waals surface area contributed by atoms with E-state index in [4.69, 9.17) is 10.5 Å². The average molecular weight is 454 g/mol. The third kappa shape index (κ3) is 3.35. The van der Waals surface area contributed by atoms with Gasteiger partial charge in [0.05, 0.1) is 22.5 Å². The van der Waals surface area contributed by atoms with Crippen LogP contribution in [0.5, 0.6) is 0 Å². The number of nitrogens with zero attached hydrogens (tertiary/aromatic N) is 5. The summed E-state index contributed by atoms with van der Waals surface area (Å²) in [5.41, 5.74) is 6.55. The second-order valence-corrected chi connectivity index (χ2v) is 8.02. The minimum atomic E-state index is -0.531. The van der Waals surface area contributed by atoms with Crippen molar-refractivity contribution >= 4 is 45.4 Å². The van der Waals surface area contributed by atoms with Gasteiger partial charge in [-0.15, -0.1) is 0 Å². The number of fused-ring (bicyclic) bond motifs is 1. The number of ether oxygens (including phenoxy) is 1. The van der Waals surface area contributed by atoms with Crippen molar-refractivity contribution in [3.63, 3.8) is 0 Å². The van der Waals surface area contributed by atoms with Crippen LogP contribution in [0.3, 0.4) is 0 Å². The Morgan fingerprint density at radius 2 is 2.24 bits per heavy atom. The van der Waals surface area contributed by atoms with Crippen LogP contribution in [-0.2, 0) is 4.74 Å². The number of hydrogen-bond donors (Lipinski definition) is 1. The van der Waals surface area contributed by atoms with E-state index in [2.05, 4.69) is 38.7 Å². The minimum Gasteiger partial charge on any atom is -0.444 e. The van der Waals surface area contributed by atoms with E-state index in [1.807, 2.05) is 20.8 Å². The zero-order chi connectivity index (χ0) is 18.4. The van der Waals surface area contributed by atoms with E-state index in [1.54, 1.807) is 9.58 Å². The summed E-state index contributed by atoms with van der Waals surface area (Å²) in [7, 11) is 0. The van der Waals surface area contributed by atoms with Gasteiger partial charge in [-0.1, -0.05) is 0 Å². The standard InChI is InChI=1S/C16H19IN6O2/c1-16(2,3)25-15(24)22-5-4-10(8-22)23-12-9(6-18)7-20-14(19)11(12)13(17)21-23/h7,10H,4-5,8H2,1-3H3,(H2,19,20)/t10-/m0/s1. The quantitative estimate of drug-likeness (QED) is 0.664. The average Bonchev–Trinajstić information content (AvgIpc) is 3.11. The number of carbonyl (C=O) groups is 1. The molecule has 2 aromatic rings. The van der Waals surface area contributed by atoms with Crippen molar-refractivity contribution in [2.75, 3.05) is 18.8 Å². The summed E-state index contributed by atoms with van der Waals surface area (Å²) < 4.78 is 7.94. The third-order valence-corrected chi connectivity index (χ3v) is 4.75. The first kappa shape index (κ1) is 17.7. The first-order valence-electron chi connectivity index (χ1n) is 7.91. The van der Waals surface area contributed by atoms with E-state index in [0.29, 0.717) is 39.1 Å². The van der Waals surface area contributed by atoms with Gasteiger partial charge < -0.3 is 15.4 Å². The van der Waals surface area contributed by atoms with Gasteiger partial charge in [-0.2, -0.15) is 10.4 Å². The number of anilines is 1. The lowest BCUT2D eigenvalue weighted by Gasteiger charge is -2.24. The van der Waals surface area contributed by atoms with Crippen LogP contribution in [0, 0.1) is 15.0 Å². The summed E-state index contributed by atoms with van der Waals surface area (Å²) in [6, 6.07) is 2.12. The highest BCUT2D eigenvalue weighted by Gasteiger charge is 2.33. The van der Waals surface area contributed by atoms with E-state index in [-0.39, 0.29) is 12.1 Å². The molecule has 132 valence electrons. The highest BCUT2D eigenvalue weighted by atomic mass is 127. The van der Waals surface area contributed by atoms with Crippen LogP contribution in [0.15, 0.2) is 6.20 Å². The Morgan fingerprint density at radius 1 is 1.52 bits per heavy atom. The van der Waals surface area contributed by atoms with Gasteiger partial charge in [0.1, 0.15) is 21.2 Å². The van der Waals surface area contributed by atoms with Gasteiger partial charge in [0.2, 0.25) is 0 Å². The Kier molecular flexibility index (Phi) is 4.49. The van der Waals surface area contributed by atoms with Crippen LogP contribution in [0.25, 0.3) is 10.9 Å². The van der Waals surface area contributed by atoms with Crippen molar-refractivity contribution < 1.29 is 9.53 Å². The molecule has 0 unspecified atom stereocenters. The molecule has 9 heteroatoms. The third-order valence-electron chi connectivity index (χ3n) is 3.99. The number of likely N-dealkylation sites (tertiary alicyclic amines) is 1. The first-order valence-corrected chi connectivity index (χ1v) is 8.99. The van der Waals surface area contributed by atoms with Crippen LogP contribution in [0.4, 0.5) is 10.6 Å². The zero-order valence-electron chi connectivity index (χ0n) is 14.3. The van der Waals surface area contributed by atoms with Gasteiger partial charge in [-0.25, -0.2) is 9.78 Å². The molecule has 3 heterocycles. The molecule has 1 amide bonds. The van der Waals surface area contributed by atoms with Crippen molar-refractivity contribution in [3.8, 4) is 6.07 Å². The topological polar surface area (TPSA) is 110 Å². The number of rotatable bonds is 1. The monoisotopic (exact) mass is 454 g/mol. The van der Waals surface area contributed by atoms with E-state index in [9.17, 15) is 10.1 Å². The molecule has 8 nitrogen and oxygen atoms in total. The van der Waals surface area contributed by atoms with E-state index >= 15 is 0 Å². The second-order valence-electron chi connectivity index (χ2n) is 7.00. The molecule has 1 atom stereocenters. The number of aromatic nitrogens is 3. The predicted molar refractivity (Wildman–Crippen MR) is 101 cm³/mol. The highest BCUT2D eigenvalue weighted by molar-refractivity contribution is 14.1. The van der Waals surface area contributed by atoms with Crippen molar-refractivity contribution in [1.82, 2.24) is 19.7 Å². The van der Waals surface area contributed by atoms with Crippen molar-refractivity contribution in [2.45, 2.75) is 38.8 Å². The lowest BCUT2D eigenvalue weighted by atomic mass is 10.2. The molecule has 0 bridgehead atoms. The molecule has 0 aliphatic carbocycles. The highest BCUT2D eigenvalue weighted by Crippen LogP contribution is 2.32. The normalized spacial score (nSPS) is 17.7. The molecule has 0 saturated carbocycles. The molecule has 0 radical (unpaired) electrons.